The van der Waals surface area contributed by atoms with Gasteiger partial charge in [0.15, 0.2) is 11.6 Å². The summed E-state index contributed by atoms with van der Waals surface area (Å²) >= 11 is 11.9. The van der Waals surface area contributed by atoms with Crippen molar-refractivity contribution in [3.63, 3.8) is 0 Å². The van der Waals surface area contributed by atoms with Crippen molar-refractivity contribution < 1.29 is 9.59 Å². The molecule has 0 bridgehead atoms. The van der Waals surface area contributed by atoms with Gasteiger partial charge in [0.1, 0.15) is 0 Å². The van der Waals surface area contributed by atoms with E-state index in [1.165, 1.54) is 0 Å². The van der Waals surface area contributed by atoms with Crippen LogP contribution in [0.15, 0.2) is 102 Å². The Morgan fingerprint density at radius 1 is 0.633 bits per heavy atom. The molecule has 0 aliphatic carbocycles. The zero-order valence-electron chi connectivity index (χ0n) is 15.9. The highest BCUT2D eigenvalue weighted by Gasteiger charge is 2.24. The third-order valence-corrected chi connectivity index (χ3v) is 5.33. The summed E-state index contributed by atoms with van der Waals surface area (Å²) in [5, 5.41) is 1.13. The molecule has 0 aromatic heterocycles. The molecule has 3 aromatic rings. The molecule has 3 aromatic carbocycles. The van der Waals surface area contributed by atoms with Gasteiger partial charge in [-0.05, 0) is 60.7 Å². The molecule has 0 N–H and O–H groups in total. The first-order valence-electron chi connectivity index (χ1n) is 9.36. The quantitative estimate of drug-likeness (QED) is 0.418. The van der Waals surface area contributed by atoms with Gasteiger partial charge in [0.2, 0.25) is 0 Å². The number of ketones is 2. The predicted molar refractivity (Wildman–Crippen MR) is 121 cm³/mol. The third-order valence-electron chi connectivity index (χ3n) is 4.82. The van der Waals surface area contributed by atoms with Crippen molar-refractivity contribution in [3.8, 4) is 0 Å². The topological polar surface area (TPSA) is 37.4 Å². The molecule has 0 saturated carbocycles. The van der Waals surface area contributed by atoms with Crippen LogP contribution in [0.1, 0.15) is 27.1 Å². The van der Waals surface area contributed by atoms with Crippen LogP contribution in [0.5, 0.6) is 0 Å². The number of carbonyl (C=O) groups excluding carboxylic acids is 2. The van der Waals surface area contributed by atoms with E-state index in [1.54, 1.807) is 60.9 Å². The van der Waals surface area contributed by atoms with Gasteiger partial charge in [-0.2, -0.15) is 0 Å². The maximum Gasteiger partial charge on any atom is 0.190 e. The molecule has 5 heteroatoms. The van der Waals surface area contributed by atoms with Crippen molar-refractivity contribution in [2.24, 2.45) is 0 Å². The maximum absolute atomic E-state index is 13.1. The van der Waals surface area contributed by atoms with Crippen molar-refractivity contribution in [3.05, 3.63) is 124 Å². The van der Waals surface area contributed by atoms with E-state index in [-0.39, 0.29) is 18.0 Å². The van der Waals surface area contributed by atoms with E-state index >= 15 is 0 Å². The molecule has 1 heterocycles. The lowest BCUT2D eigenvalue weighted by Crippen LogP contribution is -2.21. The molecular formula is C25H17Cl2NO2. The molecule has 1 aliphatic rings. The summed E-state index contributed by atoms with van der Waals surface area (Å²) in [4.78, 5) is 28.1. The van der Waals surface area contributed by atoms with Gasteiger partial charge in [-0.15, -0.1) is 0 Å². The maximum atomic E-state index is 13.1. The van der Waals surface area contributed by atoms with Gasteiger partial charge in [-0.1, -0.05) is 41.4 Å². The number of allylic oxidation sites excluding steroid dienone is 2. The Hall–Kier alpha value is -3.14. The Bertz CT molecular complexity index is 1070. The molecule has 0 unspecified atom stereocenters. The summed E-state index contributed by atoms with van der Waals surface area (Å²) < 4.78 is 0. The van der Waals surface area contributed by atoms with Gasteiger partial charge < -0.3 is 4.90 Å². The molecule has 148 valence electrons. The van der Waals surface area contributed by atoms with E-state index in [0.29, 0.717) is 32.3 Å². The molecule has 0 spiro atoms. The zero-order chi connectivity index (χ0) is 21.1. The molecule has 0 amide bonds. The summed E-state index contributed by atoms with van der Waals surface area (Å²) in [7, 11) is 0. The molecule has 0 atom stereocenters. The van der Waals surface area contributed by atoms with Crippen LogP contribution in [0.4, 0.5) is 5.69 Å². The van der Waals surface area contributed by atoms with E-state index in [9.17, 15) is 9.59 Å². The van der Waals surface area contributed by atoms with E-state index in [0.717, 1.165) is 5.69 Å². The Morgan fingerprint density at radius 3 is 1.50 bits per heavy atom. The fourth-order valence-corrected chi connectivity index (χ4v) is 3.52. The summed E-state index contributed by atoms with van der Waals surface area (Å²) in [5.41, 5.74) is 2.97. The normalized spacial score (nSPS) is 13.5. The second-order valence-electron chi connectivity index (χ2n) is 6.90. The molecule has 3 nitrogen and oxygen atoms in total. The van der Waals surface area contributed by atoms with Crippen molar-refractivity contribution in [1.29, 1.82) is 0 Å². The minimum Gasteiger partial charge on any atom is -0.323 e. The highest BCUT2D eigenvalue weighted by Crippen LogP contribution is 2.29. The fraction of sp³-hybridized carbons (Fsp3) is 0.0400. The lowest BCUT2D eigenvalue weighted by atomic mass is 9.92. The van der Waals surface area contributed by atoms with Crippen molar-refractivity contribution in [1.82, 2.24) is 0 Å². The van der Waals surface area contributed by atoms with Gasteiger partial charge in [0.25, 0.3) is 0 Å². The number of anilines is 1. The van der Waals surface area contributed by atoms with Crippen LogP contribution < -0.4 is 4.90 Å². The smallest absolute Gasteiger partial charge is 0.190 e. The summed E-state index contributed by atoms with van der Waals surface area (Å²) in [6.45, 7) is 0. The SMILES string of the molecule is O=C(C1=CN(c2ccccc2)C=C(C(=O)c2ccc(Cl)cc2)C1)c1ccc(Cl)cc1. The second kappa shape index (κ2) is 8.70. The number of carbonyl (C=O) groups is 2. The molecule has 1 aliphatic heterocycles. The second-order valence-corrected chi connectivity index (χ2v) is 7.77. The lowest BCUT2D eigenvalue weighted by molar-refractivity contribution is 0.102. The van der Waals surface area contributed by atoms with Crippen LogP contribution in [0.3, 0.4) is 0 Å². The first-order valence-corrected chi connectivity index (χ1v) is 10.1. The highest BCUT2D eigenvalue weighted by atomic mass is 35.5. The average molecular weight is 434 g/mol. The Labute approximate surface area is 184 Å². The number of halogens is 2. The van der Waals surface area contributed by atoms with Gasteiger partial charge in [-0.25, -0.2) is 0 Å². The molecule has 0 fully saturated rings. The number of para-hydroxylation sites is 1. The Morgan fingerprint density at radius 2 is 1.07 bits per heavy atom. The van der Waals surface area contributed by atoms with Crippen molar-refractivity contribution in [2.75, 3.05) is 4.90 Å². The van der Waals surface area contributed by atoms with E-state index in [4.69, 9.17) is 23.2 Å². The van der Waals surface area contributed by atoms with Crippen LogP contribution in [0.2, 0.25) is 10.0 Å². The molecule has 0 saturated heterocycles. The monoisotopic (exact) mass is 433 g/mol. The van der Waals surface area contributed by atoms with Crippen molar-refractivity contribution >= 4 is 40.5 Å². The minimum atomic E-state index is -0.137. The van der Waals surface area contributed by atoms with Crippen LogP contribution in [0.25, 0.3) is 0 Å². The van der Waals surface area contributed by atoms with Gasteiger partial charge >= 0.3 is 0 Å². The standard InChI is InChI=1S/C25H17Cl2NO2/c26-21-10-6-17(7-11-21)24(29)19-14-20(25(30)18-8-12-22(27)13-9-18)16-28(15-19)23-4-2-1-3-5-23/h1-13,15-16H,14H2. The first-order chi connectivity index (χ1) is 14.5. The fourth-order valence-electron chi connectivity index (χ4n) is 3.27. The number of benzene rings is 3. The third kappa shape index (κ3) is 4.38. The van der Waals surface area contributed by atoms with Gasteiger partial charge in [0, 0.05) is 56.8 Å². The van der Waals surface area contributed by atoms with Crippen LogP contribution in [-0.2, 0) is 0 Å². The number of Topliss-reactive ketones (excluding diaryl/α,β-unsaturated/α-hetero) is 2. The van der Waals surface area contributed by atoms with Crippen LogP contribution >= 0.6 is 23.2 Å². The van der Waals surface area contributed by atoms with Gasteiger partial charge in [0.05, 0.1) is 0 Å². The number of hydrogen-bond donors (Lipinski definition) is 0. The highest BCUT2D eigenvalue weighted by molar-refractivity contribution is 6.31. The van der Waals surface area contributed by atoms with E-state index in [2.05, 4.69) is 0 Å². The summed E-state index contributed by atoms with van der Waals surface area (Å²) in [6, 6.07) is 23.1. The Kier molecular flexibility index (Phi) is 5.84. The van der Waals surface area contributed by atoms with Crippen molar-refractivity contribution in [2.45, 2.75) is 6.42 Å². The number of rotatable bonds is 5. The van der Waals surface area contributed by atoms with Crippen LogP contribution in [0, 0.1) is 0 Å². The van der Waals surface area contributed by atoms with Gasteiger partial charge in [-0.3, -0.25) is 9.59 Å². The molecule has 0 radical (unpaired) electrons. The molecule has 30 heavy (non-hydrogen) atoms. The lowest BCUT2D eigenvalue weighted by Gasteiger charge is -2.24. The average Bonchev–Trinajstić information content (AvgIpc) is 2.79. The minimum absolute atomic E-state index is 0.137. The van der Waals surface area contributed by atoms with E-state index in [1.807, 2.05) is 35.2 Å². The number of nitrogens with zero attached hydrogens (tertiary/aromatic N) is 1. The molecular weight excluding hydrogens is 417 g/mol. The first kappa shape index (κ1) is 20.1. The van der Waals surface area contributed by atoms with Crippen LogP contribution in [-0.4, -0.2) is 11.6 Å². The Balaban J connectivity index is 1.71. The zero-order valence-corrected chi connectivity index (χ0v) is 17.4. The summed E-state index contributed by atoms with van der Waals surface area (Å²) in [6.07, 6.45) is 3.81. The van der Waals surface area contributed by atoms with E-state index < -0.39 is 0 Å². The molecule has 4 rings (SSSR count). The largest absolute Gasteiger partial charge is 0.323 e. The predicted octanol–water partition coefficient (Wildman–Crippen LogP) is 6.74. The number of hydrogen-bond acceptors (Lipinski definition) is 3. The summed E-state index contributed by atoms with van der Waals surface area (Å²) in [5.74, 6) is -0.274.